The average Bonchev–Trinajstić information content (AvgIpc) is 2.93. The maximum atomic E-state index is 12.2. The summed E-state index contributed by atoms with van der Waals surface area (Å²) in [5.41, 5.74) is 2.20. The van der Waals surface area contributed by atoms with Gasteiger partial charge in [0.05, 0.1) is 16.6 Å². The van der Waals surface area contributed by atoms with E-state index in [1.54, 1.807) is 43.4 Å². The summed E-state index contributed by atoms with van der Waals surface area (Å²) in [5.74, 6) is -1.86. The summed E-state index contributed by atoms with van der Waals surface area (Å²) < 4.78 is 0. The smallest absolute Gasteiger partial charge is 0.308 e. The van der Waals surface area contributed by atoms with Gasteiger partial charge in [0, 0.05) is 22.5 Å². The van der Waals surface area contributed by atoms with Crippen LogP contribution in [0.25, 0.3) is 11.3 Å². The molecular formula is C16H18N2O3S. The molecule has 2 N–H and O–H groups in total. The molecule has 5 nitrogen and oxygen atoms in total. The van der Waals surface area contributed by atoms with Crippen molar-refractivity contribution in [3.63, 3.8) is 0 Å². The Hall–Kier alpha value is -2.21. The molecule has 0 aliphatic carbocycles. The van der Waals surface area contributed by atoms with Crippen molar-refractivity contribution in [2.75, 3.05) is 0 Å². The predicted octanol–water partition coefficient (Wildman–Crippen LogP) is 2.96. The molecule has 0 spiro atoms. The van der Waals surface area contributed by atoms with Crippen LogP contribution in [0.2, 0.25) is 0 Å². The number of hydrogen-bond donors (Lipinski definition) is 2. The zero-order valence-electron chi connectivity index (χ0n) is 12.7. The summed E-state index contributed by atoms with van der Waals surface area (Å²) in [6, 6.07) is 6.71. The van der Waals surface area contributed by atoms with Crippen LogP contribution in [0.15, 0.2) is 29.6 Å². The summed E-state index contributed by atoms with van der Waals surface area (Å²) in [7, 11) is 0. The summed E-state index contributed by atoms with van der Waals surface area (Å²) in [6.45, 7) is 5.19. The van der Waals surface area contributed by atoms with Gasteiger partial charge in [-0.2, -0.15) is 0 Å². The summed E-state index contributed by atoms with van der Waals surface area (Å²) >= 11 is 1.55. The summed E-state index contributed by atoms with van der Waals surface area (Å²) in [5, 5.41) is 14.6. The van der Waals surface area contributed by atoms with Crippen molar-refractivity contribution in [2.24, 2.45) is 5.92 Å². The highest BCUT2D eigenvalue weighted by atomic mass is 32.1. The number of carbonyl (C=O) groups is 2. The number of rotatable bonds is 5. The van der Waals surface area contributed by atoms with Gasteiger partial charge in [-0.25, -0.2) is 4.98 Å². The zero-order chi connectivity index (χ0) is 16.3. The van der Waals surface area contributed by atoms with Gasteiger partial charge in [-0.05, 0) is 32.9 Å². The third kappa shape index (κ3) is 3.71. The van der Waals surface area contributed by atoms with Crippen molar-refractivity contribution < 1.29 is 14.7 Å². The van der Waals surface area contributed by atoms with Crippen LogP contribution < -0.4 is 5.32 Å². The molecule has 6 heteroatoms. The van der Waals surface area contributed by atoms with Gasteiger partial charge in [0.15, 0.2) is 0 Å². The molecule has 1 amide bonds. The first-order valence-electron chi connectivity index (χ1n) is 6.94. The maximum absolute atomic E-state index is 12.2. The Balaban J connectivity index is 2.15. The molecule has 116 valence electrons. The van der Waals surface area contributed by atoms with E-state index in [1.165, 1.54) is 0 Å². The van der Waals surface area contributed by atoms with Crippen molar-refractivity contribution in [1.29, 1.82) is 0 Å². The van der Waals surface area contributed by atoms with Crippen LogP contribution in [0.4, 0.5) is 0 Å². The van der Waals surface area contributed by atoms with E-state index in [1.807, 2.05) is 18.4 Å². The van der Waals surface area contributed by atoms with Crippen molar-refractivity contribution in [1.82, 2.24) is 10.3 Å². The number of aromatic nitrogens is 1. The van der Waals surface area contributed by atoms with E-state index in [0.29, 0.717) is 5.56 Å². The molecule has 0 aliphatic heterocycles. The summed E-state index contributed by atoms with van der Waals surface area (Å²) in [6.07, 6.45) is 0. The van der Waals surface area contributed by atoms with Crippen LogP contribution in [0.1, 0.15) is 29.2 Å². The molecule has 0 saturated carbocycles. The topological polar surface area (TPSA) is 79.3 Å². The molecule has 2 rings (SSSR count). The summed E-state index contributed by atoms with van der Waals surface area (Å²) in [4.78, 5) is 27.6. The lowest BCUT2D eigenvalue weighted by Gasteiger charge is -2.17. The number of amides is 1. The standard InChI is InChI=1S/C16H18N2O3S/c1-9(16(20)21)10(2)17-15(19)13-6-4-5-12(7-13)14-8-22-11(3)18-14/h4-10H,1-3H3,(H,17,19)(H,20,21). The van der Waals surface area contributed by atoms with Gasteiger partial charge in [0.2, 0.25) is 0 Å². The van der Waals surface area contributed by atoms with E-state index in [9.17, 15) is 9.59 Å². The van der Waals surface area contributed by atoms with Gasteiger partial charge in [-0.15, -0.1) is 11.3 Å². The number of hydrogen-bond acceptors (Lipinski definition) is 4. The van der Waals surface area contributed by atoms with E-state index < -0.39 is 17.9 Å². The zero-order valence-corrected chi connectivity index (χ0v) is 13.5. The largest absolute Gasteiger partial charge is 0.481 e. The Morgan fingerprint density at radius 1 is 1.32 bits per heavy atom. The lowest BCUT2D eigenvalue weighted by atomic mass is 10.0. The highest BCUT2D eigenvalue weighted by Crippen LogP contribution is 2.22. The highest BCUT2D eigenvalue weighted by molar-refractivity contribution is 7.09. The fourth-order valence-electron chi connectivity index (χ4n) is 1.94. The first kappa shape index (κ1) is 16.2. The number of carboxylic acids is 1. The van der Waals surface area contributed by atoms with Crippen molar-refractivity contribution in [2.45, 2.75) is 26.8 Å². The van der Waals surface area contributed by atoms with Gasteiger partial charge >= 0.3 is 5.97 Å². The third-order valence-corrected chi connectivity index (χ3v) is 4.31. The number of carboxylic acid groups (broad SMARTS) is 1. The number of carbonyl (C=O) groups excluding carboxylic acids is 1. The SMILES string of the molecule is Cc1nc(-c2cccc(C(=O)NC(C)C(C)C(=O)O)c2)cs1. The average molecular weight is 318 g/mol. The molecule has 0 radical (unpaired) electrons. The Kier molecular flexibility index (Phi) is 4.92. The third-order valence-electron chi connectivity index (χ3n) is 3.54. The fourth-order valence-corrected chi connectivity index (χ4v) is 2.57. The van der Waals surface area contributed by atoms with E-state index in [-0.39, 0.29) is 5.91 Å². The molecule has 1 aromatic carbocycles. The lowest BCUT2D eigenvalue weighted by molar-refractivity contribution is -0.141. The quantitative estimate of drug-likeness (QED) is 0.888. The molecular weight excluding hydrogens is 300 g/mol. The van der Waals surface area contributed by atoms with E-state index in [0.717, 1.165) is 16.3 Å². The maximum Gasteiger partial charge on any atom is 0.308 e. The number of benzene rings is 1. The first-order valence-corrected chi connectivity index (χ1v) is 7.82. The molecule has 2 atom stereocenters. The molecule has 0 bridgehead atoms. The van der Waals surface area contributed by atoms with Gasteiger partial charge in [-0.1, -0.05) is 12.1 Å². The fraction of sp³-hybridized carbons (Fsp3) is 0.312. The van der Waals surface area contributed by atoms with Gasteiger partial charge < -0.3 is 10.4 Å². The predicted molar refractivity (Wildman–Crippen MR) is 86.0 cm³/mol. The van der Waals surface area contributed by atoms with E-state index >= 15 is 0 Å². The van der Waals surface area contributed by atoms with Gasteiger partial charge in [-0.3, -0.25) is 9.59 Å². The second-order valence-corrected chi connectivity index (χ2v) is 6.28. The van der Waals surface area contributed by atoms with Crippen LogP contribution in [0.5, 0.6) is 0 Å². The number of nitrogens with zero attached hydrogens (tertiary/aromatic N) is 1. The minimum atomic E-state index is -0.931. The minimum Gasteiger partial charge on any atom is -0.481 e. The Bertz CT molecular complexity index is 696. The Morgan fingerprint density at radius 3 is 2.64 bits per heavy atom. The molecule has 0 fully saturated rings. The van der Waals surface area contributed by atoms with Crippen molar-refractivity contribution in [3.05, 3.63) is 40.2 Å². The van der Waals surface area contributed by atoms with Gasteiger partial charge in [0.25, 0.3) is 5.91 Å². The van der Waals surface area contributed by atoms with Crippen LogP contribution >= 0.6 is 11.3 Å². The Morgan fingerprint density at radius 2 is 2.05 bits per heavy atom. The van der Waals surface area contributed by atoms with Crippen LogP contribution in [0, 0.1) is 12.8 Å². The molecule has 22 heavy (non-hydrogen) atoms. The van der Waals surface area contributed by atoms with Crippen LogP contribution in [-0.4, -0.2) is 28.0 Å². The Labute approximate surface area is 133 Å². The monoisotopic (exact) mass is 318 g/mol. The second-order valence-electron chi connectivity index (χ2n) is 5.22. The molecule has 0 aliphatic rings. The molecule has 0 saturated heterocycles. The van der Waals surface area contributed by atoms with Crippen molar-refractivity contribution >= 4 is 23.2 Å². The first-order chi connectivity index (χ1) is 10.4. The molecule has 2 aromatic rings. The van der Waals surface area contributed by atoms with Crippen LogP contribution in [-0.2, 0) is 4.79 Å². The second kappa shape index (κ2) is 6.70. The van der Waals surface area contributed by atoms with E-state index in [4.69, 9.17) is 5.11 Å². The lowest BCUT2D eigenvalue weighted by Crippen LogP contribution is -2.40. The number of aryl methyl sites for hydroxylation is 1. The van der Waals surface area contributed by atoms with Crippen LogP contribution in [0.3, 0.4) is 0 Å². The number of thiazole rings is 1. The number of nitrogens with one attached hydrogen (secondary N) is 1. The van der Waals surface area contributed by atoms with Gasteiger partial charge in [0.1, 0.15) is 0 Å². The number of aliphatic carboxylic acids is 1. The minimum absolute atomic E-state index is 0.283. The van der Waals surface area contributed by atoms with Crippen molar-refractivity contribution in [3.8, 4) is 11.3 Å². The molecule has 2 unspecified atom stereocenters. The molecule has 1 aromatic heterocycles. The highest BCUT2D eigenvalue weighted by Gasteiger charge is 2.21. The normalized spacial score (nSPS) is 13.4. The van der Waals surface area contributed by atoms with E-state index in [2.05, 4.69) is 10.3 Å². The molecule has 1 heterocycles.